The smallest absolute Gasteiger partial charge is 0.270 e. The number of amides is 1. The molecule has 2 saturated heterocycles. The molecule has 138 valence electrons. The summed E-state index contributed by atoms with van der Waals surface area (Å²) in [5.74, 6) is 0.100. The van der Waals surface area contributed by atoms with Crippen molar-refractivity contribution in [3.8, 4) is 0 Å². The number of carbonyl (C=O) groups is 1. The third-order valence-corrected chi connectivity index (χ3v) is 5.72. The number of carbonyl (C=O) groups excluding carboxylic acids is 1. The molecule has 0 unspecified atom stereocenters. The molecular formula is C20H26N4O2. The number of aryl methyl sites for hydroxylation is 1. The van der Waals surface area contributed by atoms with Crippen LogP contribution < -0.4 is 0 Å². The van der Waals surface area contributed by atoms with E-state index in [0.717, 1.165) is 43.9 Å². The zero-order chi connectivity index (χ0) is 18.1. The number of hydrogen-bond acceptors (Lipinski definition) is 4. The second-order valence-electron chi connectivity index (χ2n) is 7.57. The third-order valence-electron chi connectivity index (χ3n) is 5.72. The maximum absolute atomic E-state index is 12.8. The van der Waals surface area contributed by atoms with Crippen molar-refractivity contribution in [1.29, 1.82) is 0 Å². The lowest BCUT2D eigenvalue weighted by molar-refractivity contribution is 0.0107. The number of pyridine rings is 1. The lowest BCUT2D eigenvalue weighted by Gasteiger charge is -2.26. The molecule has 2 aliphatic heterocycles. The van der Waals surface area contributed by atoms with Gasteiger partial charge >= 0.3 is 0 Å². The normalized spacial score (nSPS) is 25.5. The van der Waals surface area contributed by atoms with Crippen LogP contribution in [0.5, 0.6) is 0 Å². The van der Waals surface area contributed by atoms with Crippen LogP contribution in [-0.2, 0) is 18.3 Å². The fourth-order valence-electron chi connectivity index (χ4n) is 4.13. The highest BCUT2D eigenvalue weighted by Crippen LogP contribution is 2.37. The lowest BCUT2D eigenvalue weighted by Crippen LogP contribution is -2.38. The van der Waals surface area contributed by atoms with Crippen molar-refractivity contribution in [1.82, 2.24) is 19.4 Å². The van der Waals surface area contributed by atoms with Gasteiger partial charge in [0.05, 0.1) is 24.4 Å². The van der Waals surface area contributed by atoms with Crippen molar-refractivity contribution in [3.05, 3.63) is 54.1 Å². The van der Waals surface area contributed by atoms with E-state index in [1.54, 1.807) is 0 Å². The third kappa shape index (κ3) is 3.27. The summed E-state index contributed by atoms with van der Waals surface area (Å²) >= 11 is 0. The summed E-state index contributed by atoms with van der Waals surface area (Å²) in [5.41, 5.74) is 1.62. The Bertz CT molecular complexity index is 775. The Labute approximate surface area is 154 Å². The largest absolute Gasteiger partial charge is 0.371 e. The SMILES string of the molecule is CN(Cc1ccccn1)[C@H]1CO[C@]2(CCN(C(=O)c3cccn3C)C2)C1. The minimum absolute atomic E-state index is 0.100. The average Bonchev–Trinajstić information content (AvgIpc) is 3.37. The number of nitrogens with zero attached hydrogens (tertiary/aromatic N) is 4. The Kier molecular flexibility index (Phi) is 4.54. The van der Waals surface area contributed by atoms with Crippen molar-refractivity contribution in [2.75, 3.05) is 26.7 Å². The van der Waals surface area contributed by atoms with Gasteiger partial charge in [0, 0.05) is 38.6 Å². The number of hydrogen-bond donors (Lipinski definition) is 0. The molecule has 2 fully saturated rings. The molecule has 4 rings (SSSR count). The van der Waals surface area contributed by atoms with E-state index in [2.05, 4.69) is 23.0 Å². The van der Waals surface area contributed by atoms with E-state index < -0.39 is 0 Å². The van der Waals surface area contributed by atoms with E-state index in [1.807, 2.05) is 53.2 Å². The summed E-state index contributed by atoms with van der Waals surface area (Å²) in [6.07, 6.45) is 5.62. The summed E-state index contributed by atoms with van der Waals surface area (Å²) in [6, 6.07) is 10.2. The molecule has 6 heteroatoms. The van der Waals surface area contributed by atoms with E-state index in [4.69, 9.17) is 4.74 Å². The van der Waals surface area contributed by atoms with E-state index in [-0.39, 0.29) is 11.5 Å². The minimum atomic E-state index is -0.191. The molecule has 6 nitrogen and oxygen atoms in total. The van der Waals surface area contributed by atoms with E-state index in [0.29, 0.717) is 12.6 Å². The molecule has 1 spiro atoms. The van der Waals surface area contributed by atoms with Gasteiger partial charge in [-0.25, -0.2) is 0 Å². The van der Waals surface area contributed by atoms with Crippen molar-refractivity contribution in [2.24, 2.45) is 7.05 Å². The first kappa shape index (κ1) is 17.2. The predicted octanol–water partition coefficient (Wildman–Crippen LogP) is 1.93. The van der Waals surface area contributed by atoms with Crippen LogP contribution in [0.15, 0.2) is 42.7 Å². The molecule has 0 radical (unpaired) electrons. The summed E-state index contributed by atoms with van der Waals surface area (Å²) in [5, 5.41) is 0. The summed E-state index contributed by atoms with van der Waals surface area (Å²) < 4.78 is 8.12. The molecule has 0 N–H and O–H groups in total. The maximum atomic E-state index is 12.8. The van der Waals surface area contributed by atoms with Gasteiger partial charge in [-0.05, 0) is 44.2 Å². The Morgan fingerprint density at radius 1 is 1.38 bits per heavy atom. The molecule has 0 bridgehead atoms. The number of ether oxygens (including phenoxy) is 1. The van der Waals surface area contributed by atoms with Crippen molar-refractivity contribution >= 4 is 5.91 Å². The van der Waals surface area contributed by atoms with Crippen molar-refractivity contribution in [3.63, 3.8) is 0 Å². The topological polar surface area (TPSA) is 50.6 Å². The zero-order valence-corrected chi connectivity index (χ0v) is 15.5. The molecule has 2 aromatic heterocycles. The molecule has 0 saturated carbocycles. The van der Waals surface area contributed by atoms with Crippen LogP contribution in [0, 0.1) is 0 Å². The zero-order valence-electron chi connectivity index (χ0n) is 15.5. The van der Waals surface area contributed by atoms with Gasteiger partial charge in [0.15, 0.2) is 0 Å². The number of likely N-dealkylation sites (N-methyl/N-ethyl adjacent to an activating group) is 1. The van der Waals surface area contributed by atoms with Crippen molar-refractivity contribution < 1.29 is 9.53 Å². The standard InChI is InChI=1S/C20H26N4O2/c1-22-10-5-7-18(22)19(25)24-11-8-20(15-24)12-17(14-26-20)23(2)13-16-6-3-4-9-21-16/h3-7,9-10,17H,8,11-15H2,1-2H3/t17-,20-/m1/s1. The van der Waals surface area contributed by atoms with Gasteiger partial charge in [0.2, 0.25) is 0 Å². The van der Waals surface area contributed by atoms with Gasteiger partial charge in [-0.3, -0.25) is 14.7 Å². The Morgan fingerprint density at radius 2 is 2.27 bits per heavy atom. The van der Waals surface area contributed by atoms with Gasteiger partial charge in [0.1, 0.15) is 5.69 Å². The summed E-state index contributed by atoms with van der Waals surface area (Å²) in [4.78, 5) is 21.4. The van der Waals surface area contributed by atoms with Crippen molar-refractivity contribution in [2.45, 2.75) is 31.0 Å². The Hall–Kier alpha value is -2.18. The Balaban J connectivity index is 1.37. The van der Waals surface area contributed by atoms with Crippen LogP contribution in [0.3, 0.4) is 0 Å². The van der Waals surface area contributed by atoms with Gasteiger partial charge in [0.25, 0.3) is 5.91 Å². The minimum Gasteiger partial charge on any atom is -0.371 e. The molecule has 4 heterocycles. The fraction of sp³-hybridized carbons (Fsp3) is 0.500. The fourth-order valence-corrected chi connectivity index (χ4v) is 4.13. The first-order valence-electron chi connectivity index (χ1n) is 9.21. The van der Waals surface area contributed by atoms with Crippen LogP contribution in [0.25, 0.3) is 0 Å². The van der Waals surface area contributed by atoms with Gasteiger partial charge in [-0.1, -0.05) is 6.07 Å². The molecular weight excluding hydrogens is 328 g/mol. The monoisotopic (exact) mass is 354 g/mol. The van der Waals surface area contributed by atoms with Crippen LogP contribution in [0.4, 0.5) is 0 Å². The highest BCUT2D eigenvalue weighted by Gasteiger charge is 2.47. The number of likely N-dealkylation sites (tertiary alicyclic amines) is 1. The summed E-state index contributed by atoms with van der Waals surface area (Å²) in [6.45, 7) is 2.98. The molecule has 26 heavy (non-hydrogen) atoms. The summed E-state index contributed by atoms with van der Waals surface area (Å²) in [7, 11) is 4.04. The van der Waals surface area contributed by atoms with Gasteiger partial charge in [-0.2, -0.15) is 0 Å². The molecule has 2 aromatic rings. The average molecular weight is 354 g/mol. The highest BCUT2D eigenvalue weighted by atomic mass is 16.5. The highest BCUT2D eigenvalue weighted by molar-refractivity contribution is 5.93. The quantitative estimate of drug-likeness (QED) is 0.842. The molecule has 0 aromatic carbocycles. The first-order valence-corrected chi connectivity index (χ1v) is 9.21. The van der Waals surface area contributed by atoms with E-state index in [1.165, 1.54) is 0 Å². The first-order chi connectivity index (χ1) is 12.6. The molecule has 0 aliphatic carbocycles. The Morgan fingerprint density at radius 3 is 3.00 bits per heavy atom. The number of aromatic nitrogens is 2. The molecule has 2 atom stereocenters. The van der Waals surface area contributed by atoms with Crippen LogP contribution in [0.2, 0.25) is 0 Å². The lowest BCUT2D eigenvalue weighted by atomic mass is 9.96. The van der Waals surface area contributed by atoms with Crippen LogP contribution in [-0.4, -0.2) is 63.6 Å². The molecule has 2 aliphatic rings. The van der Waals surface area contributed by atoms with E-state index in [9.17, 15) is 4.79 Å². The van der Waals surface area contributed by atoms with E-state index >= 15 is 0 Å². The van der Waals surface area contributed by atoms with Gasteiger partial charge in [-0.15, -0.1) is 0 Å². The van der Waals surface area contributed by atoms with Crippen LogP contribution in [0.1, 0.15) is 29.0 Å². The molecule has 1 amide bonds. The second kappa shape index (κ2) is 6.85. The maximum Gasteiger partial charge on any atom is 0.270 e. The van der Waals surface area contributed by atoms with Gasteiger partial charge < -0.3 is 14.2 Å². The predicted molar refractivity (Wildman–Crippen MR) is 98.7 cm³/mol. The number of rotatable bonds is 4. The second-order valence-corrected chi connectivity index (χ2v) is 7.57. The van der Waals surface area contributed by atoms with Crippen LogP contribution >= 0.6 is 0 Å².